The summed E-state index contributed by atoms with van der Waals surface area (Å²) in [6, 6.07) is 0.0628. The summed E-state index contributed by atoms with van der Waals surface area (Å²) in [6.45, 7) is 3.95. The zero-order valence-corrected chi connectivity index (χ0v) is 9.52. The topological polar surface area (TPSA) is 71.1 Å². The number of nitrogens with two attached hydrogens (primary N) is 1. The lowest BCUT2D eigenvalue weighted by Gasteiger charge is -2.35. The highest BCUT2D eigenvalue weighted by atomic mass is 16.5. The van der Waals surface area contributed by atoms with Crippen LogP contribution in [0.4, 0.5) is 0 Å². The number of likely N-dealkylation sites (tertiary alicyclic amines) is 1. The van der Waals surface area contributed by atoms with Gasteiger partial charge in [0.05, 0.1) is 12.1 Å². The first-order chi connectivity index (χ1) is 7.22. The van der Waals surface area contributed by atoms with Crippen LogP contribution in [0.3, 0.4) is 0 Å². The monoisotopic (exact) mass is 215 g/mol. The molecule has 15 heavy (non-hydrogen) atoms. The Hall–Kier alpha value is -0.810. The van der Waals surface area contributed by atoms with Crippen molar-refractivity contribution in [3.63, 3.8) is 0 Å². The molecule has 1 heterocycles. The Balaban J connectivity index is 2.50. The molecular weight excluding hydrogens is 194 g/mol. The predicted molar refractivity (Wildman–Crippen MR) is 59.1 cm³/mol. The summed E-state index contributed by atoms with van der Waals surface area (Å²) >= 11 is 0. The van der Waals surface area contributed by atoms with Gasteiger partial charge >= 0.3 is 0 Å². The molecule has 5 heteroatoms. The van der Waals surface area contributed by atoms with Gasteiger partial charge in [0.1, 0.15) is 0 Å². The van der Waals surface area contributed by atoms with Crippen molar-refractivity contribution in [2.45, 2.75) is 38.3 Å². The largest absolute Gasteiger partial charge is 0.409 e. The van der Waals surface area contributed by atoms with E-state index >= 15 is 0 Å². The second-order valence-electron chi connectivity index (χ2n) is 3.92. The second kappa shape index (κ2) is 5.92. The van der Waals surface area contributed by atoms with Gasteiger partial charge in [-0.3, -0.25) is 4.90 Å². The Labute approximate surface area is 90.9 Å². The number of nitrogens with zero attached hydrogens (tertiary/aromatic N) is 2. The Bertz CT molecular complexity index is 213. The van der Waals surface area contributed by atoms with Crippen molar-refractivity contribution in [3.8, 4) is 0 Å². The van der Waals surface area contributed by atoms with Crippen LogP contribution in [0.15, 0.2) is 5.16 Å². The van der Waals surface area contributed by atoms with E-state index in [1.54, 1.807) is 7.11 Å². The van der Waals surface area contributed by atoms with E-state index in [0.717, 1.165) is 32.4 Å². The number of methoxy groups -OCH3 is 1. The van der Waals surface area contributed by atoms with Crippen molar-refractivity contribution in [1.29, 1.82) is 0 Å². The third-order valence-electron chi connectivity index (χ3n) is 3.09. The molecule has 0 bridgehead atoms. The average molecular weight is 215 g/mol. The highest BCUT2D eigenvalue weighted by Gasteiger charge is 2.26. The number of oxime groups is 1. The van der Waals surface area contributed by atoms with E-state index in [2.05, 4.69) is 10.1 Å². The van der Waals surface area contributed by atoms with Gasteiger partial charge in [-0.2, -0.15) is 0 Å². The van der Waals surface area contributed by atoms with Gasteiger partial charge in [-0.15, -0.1) is 0 Å². The molecule has 0 aromatic heterocycles. The molecule has 0 aliphatic carbocycles. The molecule has 1 aliphatic rings. The summed E-state index contributed by atoms with van der Waals surface area (Å²) in [5.41, 5.74) is 5.65. The summed E-state index contributed by atoms with van der Waals surface area (Å²) in [5.74, 6) is 0.313. The molecule has 3 N–H and O–H groups in total. The van der Waals surface area contributed by atoms with Gasteiger partial charge in [-0.1, -0.05) is 12.1 Å². The minimum atomic E-state index is 0.0628. The molecule has 88 valence electrons. The maximum Gasteiger partial charge on any atom is 0.156 e. The standard InChI is InChI=1S/C10H21N3O2/c1-3-9(10(11)12-14)13-6-4-8(15-2)5-7-13/h8-9,14H,3-7H2,1-2H3,(H2,11,12). The van der Waals surface area contributed by atoms with E-state index in [1.807, 2.05) is 6.92 Å². The Morgan fingerprint density at radius 2 is 2.20 bits per heavy atom. The molecule has 5 nitrogen and oxygen atoms in total. The van der Waals surface area contributed by atoms with Crippen LogP contribution in [0.2, 0.25) is 0 Å². The van der Waals surface area contributed by atoms with Crippen LogP contribution in [0.5, 0.6) is 0 Å². The number of rotatable bonds is 4. The van der Waals surface area contributed by atoms with Crippen molar-refractivity contribution in [3.05, 3.63) is 0 Å². The van der Waals surface area contributed by atoms with Crippen molar-refractivity contribution >= 4 is 5.84 Å². The molecule has 1 rings (SSSR count). The van der Waals surface area contributed by atoms with E-state index < -0.39 is 0 Å². The first-order valence-corrected chi connectivity index (χ1v) is 5.47. The van der Waals surface area contributed by atoms with Crippen molar-refractivity contribution in [2.75, 3.05) is 20.2 Å². The molecular formula is C10H21N3O2. The zero-order valence-electron chi connectivity index (χ0n) is 9.52. The molecule has 1 fully saturated rings. The maximum atomic E-state index is 8.68. The van der Waals surface area contributed by atoms with Crippen LogP contribution in [-0.2, 0) is 4.74 Å². The minimum absolute atomic E-state index is 0.0628. The molecule has 1 atom stereocenters. The van der Waals surface area contributed by atoms with Gasteiger partial charge in [0.2, 0.25) is 0 Å². The van der Waals surface area contributed by atoms with Gasteiger partial charge in [-0.05, 0) is 19.3 Å². The number of hydrogen-bond donors (Lipinski definition) is 2. The quantitative estimate of drug-likeness (QED) is 0.312. The number of hydrogen-bond acceptors (Lipinski definition) is 4. The maximum absolute atomic E-state index is 8.68. The fourth-order valence-electron chi connectivity index (χ4n) is 2.14. The third-order valence-corrected chi connectivity index (χ3v) is 3.09. The lowest BCUT2D eigenvalue weighted by Crippen LogP contribution is -2.49. The van der Waals surface area contributed by atoms with Gasteiger partial charge in [0.25, 0.3) is 0 Å². The first-order valence-electron chi connectivity index (χ1n) is 5.47. The van der Waals surface area contributed by atoms with Crippen LogP contribution >= 0.6 is 0 Å². The van der Waals surface area contributed by atoms with E-state index in [9.17, 15) is 0 Å². The molecule has 0 aromatic carbocycles. The second-order valence-corrected chi connectivity index (χ2v) is 3.92. The number of piperidine rings is 1. The summed E-state index contributed by atoms with van der Waals surface area (Å²) in [5, 5.41) is 11.8. The normalized spacial score (nSPS) is 22.9. The van der Waals surface area contributed by atoms with E-state index in [4.69, 9.17) is 15.7 Å². The summed E-state index contributed by atoms with van der Waals surface area (Å²) < 4.78 is 5.30. The van der Waals surface area contributed by atoms with E-state index in [1.165, 1.54) is 0 Å². The van der Waals surface area contributed by atoms with Crippen LogP contribution < -0.4 is 5.73 Å². The summed E-state index contributed by atoms with van der Waals surface area (Å²) in [4.78, 5) is 2.25. The summed E-state index contributed by atoms with van der Waals surface area (Å²) in [6.07, 6.45) is 3.27. The summed E-state index contributed by atoms with van der Waals surface area (Å²) in [7, 11) is 1.75. The minimum Gasteiger partial charge on any atom is -0.409 e. The Morgan fingerprint density at radius 3 is 2.60 bits per heavy atom. The molecule has 0 saturated carbocycles. The number of ether oxygens (including phenoxy) is 1. The first kappa shape index (κ1) is 12.3. The fraction of sp³-hybridized carbons (Fsp3) is 0.900. The average Bonchev–Trinajstić information content (AvgIpc) is 2.30. The predicted octanol–water partition coefficient (Wildman–Crippen LogP) is 0.622. The highest BCUT2D eigenvalue weighted by Crippen LogP contribution is 2.16. The van der Waals surface area contributed by atoms with Crippen molar-refractivity contribution < 1.29 is 9.94 Å². The Morgan fingerprint density at radius 1 is 1.60 bits per heavy atom. The van der Waals surface area contributed by atoms with Gasteiger partial charge in [-0.25, -0.2) is 0 Å². The van der Waals surface area contributed by atoms with Crippen LogP contribution in [-0.4, -0.2) is 48.3 Å². The van der Waals surface area contributed by atoms with Gasteiger partial charge in [0, 0.05) is 20.2 Å². The third kappa shape index (κ3) is 3.07. The lowest BCUT2D eigenvalue weighted by atomic mass is 10.0. The molecule has 1 aliphatic heterocycles. The zero-order chi connectivity index (χ0) is 11.3. The Kier molecular flexibility index (Phi) is 4.84. The molecule has 0 spiro atoms. The van der Waals surface area contributed by atoms with Crippen molar-refractivity contribution in [2.24, 2.45) is 10.9 Å². The fourth-order valence-corrected chi connectivity index (χ4v) is 2.14. The van der Waals surface area contributed by atoms with Crippen LogP contribution in [0.1, 0.15) is 26.2 Å². The molecule has 1 unspecified atom stereocenters. The molecule has 1 saturated heterocycles. The van der Waals surface area contributed by atoms with Crippen LogP contribution in [0.25, 0.3) is 0 Å². The lowest BCUT2D eigenvalue weighted by molar-refractivity contribution is 0.0347. The molecule has 0 radical (unpaired) electrons. The van der Waals surface area contributed by atoms with Gasteiger partial charge in [0.15, 0.2) is 5.84 Å². The molecule has 0 amide bonds. The SMILES string of the molecule is CCC(C(N)=NO)N1CCC(OC)CC1. The van der Waals surface area contributed by atoms with E-state index in [-0.39, 0.29) is 6.04 Å². The van der Waals surface area contributed by atoms with E-state index in [0.29, 0.717) is 11.9 Å². The smallest absolute Gasteiger partial charge is 0.156 e. The van der Waals surface area contributed by atoms with Crippen molar-refractivity contribution in [1.82, 2.24) is 4.90 Å². The number of amidine groups is 1. The van der Waals surface area contributed by atoms with Gasteiger partial charge < -0.3 is 15.7 Å². The van der Waals surface area contributed by atoms with Crippen LogP contribution in [0, 0.1) is 0 Å². The highest BCUT2D eigenvalue weighted by molar-refractivity contribution is 5.85. The molecule has 0 aromatic rings.